The summed E-state index contributed by atoms with van der Waals surface area (Å²) in [6.45, 7) is 0. The fourth-order valence-corrected chi connectivity index (χ4v) is 1.27. The molecule has 0 radical (unpaired) electrons. The number of hydrogen-bond donors (Lipinski definition) is 0. The van der Waals surface area contributed by atoms with Crippen molar-refractivity contribution in [3.05, 3.63) is 0 Å². The Kier molecular flexibility index (Phi) is 4.97. The molecule has 0 fully saturated rings. The molecule has 0 bridgehead atoms. The van der Waals surface area contributed by atoms with E-state index >= 15 is 0 Å². The van der Waals surface area contributed by atoms with Gasteiger partial charge in [0, 0.05) is 0 Å². The number of halogens is 1. The van der Waals surface area contributed by atoms with Gasteiger partial charge in [-0.05, 0) is 23.0 Å². The Labute approximate surface area is 62.8 Å². The first-order valence-electron chi connectivity index (χ1n) is 1.87. The van der Waals surface area contributed by atoms with E-state index in [1.54, 1.807) is 0 Å². The minimum atomic E-state index is -2.83. The Balaban J connectivity index is 3.58. The van der Waals surface area contributed by atoms with Gasteiger partial charge in [0.15, 0.2) is 0 Å². The van der Waals surface area contributed by atoms with Gasteiger partial charge < -0.3 is 0 Å². The van der Waals surface area contributed by atoms with Gasteiger partial charge >= 0.3 is 5.84 Å². The van der Waals surface area contributed by atoms with Crippen LogP contribution in [0.4, 0.5) is 0 Å². The highest BCUT2D eigenvalue weighted by molar-refractivity contribution is 8.22. The average Bonchev–Trinajstić information content (AvgIpc) is 1.64. The molecule has 0 saturated carbocycles. The van der Waals surface area contributed by atoms with Crippen LogP contribution < -0.4 is 0 Å². The summed E-state index contributed by atoms with van der Waals surface area (Å²) < 4.78 is 8.63. The molecule has 0 N–H and O–H groups in total. The van der Waals surface area contributed by atoms with Crippen LogP contribution in [0.25, 0.3) is 0 Å². The predicted octanol–water partition coefficient (Wildman–Crippen LogP) is 1.61. The highest BCUT2D eigenvalue weighted by Gasteiger charge is 2.15. The third-order valence-corrected chi connectivity index (χ3v) is 1.68. The molecule has 0 amide bonds. The average molecular weight is 193 g/mol. The molecule has 0 atom stereocenters. The highest BCUT2D eigenvalue weighted by Crippen LogP contribution is 2.53. The maximum absolute atomic E-state index is 5.37. The quantitative estimate of drug-likeness (QED) is 0.384. The smallest absolute Gasteiger partial charge is 0.232 e. The van der Waals surface area contributed by atoms with Crippen LogP contribution in [0.1, 0.15) is 0 Å². The minimum absolute atomic E-state index is 1.28. The molecule has 0 rings (SSSR count). The number of hydrogen-bond acceptors (Lipinski definition) is 5. The molecule has 0 aliphatic heterocycles. The second-order valence-corrected chi connectivity index (χ2v) is 5.45. The lowest BCUT2D eigenvalue weighted by molar-refractivity contribution is -0.227. The van der Waals surface area contributed by atoms with Crippen molar-refractivity contribution in [2.45, 2.75) is 0 Å². The fourth-order valence-electron chi connectivity index (χ4n) is 0.190. The van der Waals surface area contributed by atoms with Crippen molar-refractivity contribution in [3.63, 3.8) is 0 Å². The predicted molar refractivity (Wildman–Crippen MR) is 36.3 cm³/mol. The fraction of sp³-hybridized carbons (Fsp3) is 1.00. The standard InChI is InChI=1S/C2H6ClO4PS/c1-4-6-8(3,9)7-5-2/h1-2H3. The molecular weight excluding hydrogens is 187 g/mol. The van der Waals surface area contributed by atoms with Crippen LogP contribution in [-0.2, 0) is 30.9 Å². The Bertz CT molecular complexity index is 109. The van der Waals surface area contributed by atoms with Gasteiger partial charge in [-0.2, -0.15) is 9.35 Å². The van der Waals surface area contributed by atoms with Crippen LogP contribution in [0, 0.1) is 0 Å². The van der Waals surface area contributed by atoms with E-state index in [1.165, 1.54) is 14.2 Å². The molecule has 0 aromatic rings. The summed E-state index contributed by atoms with van der Waals surface area (Å²) in [5, 5.41) is 0. The van der Waals surface area contributed by atoms with Gasteiger partial charge in [0.1, 0.15) is 0 Å². The van der Waals surface area contributed by atoms with E-state index in [4.69, 9.17) is 11.2 Å². The van der Waals surface area contributed by atoms with Crippen LogP contribution in [0.3, 0.4) is 0 Å². The van der Waals surface area contributed by atoms with E-state index in [0.29, 0.717) is 0 Å². The Morgan fingerprint density at radius 2 is 1.56 bits per heavy atom. The third kappa shape index (κ3) is 5.24. The molecule has 9 heavy (non-hydrogen) atoms. The van der Waals surface area contributed by atoms with Crippen LogP contribution in [0.5, 0.6) is 0 Å². The summed E-state index contributed by atoms with van der Waals surface area (Å²) in [6, 6.07) is 0. The molecule has 56 valence electrons. The van der Waals surface area contributed by atoms with Crippen LogP contribution >= 0.6 is 17.1 Å². The van der Waals surface area contributed by atoms with Gasteiger partial charge in [0.05, 0.1) is 14.2 Å². The molecule has 0 spiro atoms. The van der Waals surface area contributed by atoms with Crippen LogP contribution in [-0.4, -0.2) is 14.2 Å². The Morgan fingerprint density at radius 3 is 1.78 bits per heavy atom. The molecule has 0 unspecified atom stereocenters. The van der Waals surface area contributed by atoms with E-state index in [0.717, 1.165) is 0 Å². The summed E-state index contributed by atoms with van der Waals surface area (Å²) in [7, 11) is 2.56. The van der Waals surface area contributed by atoms with E-state index in [-0.39, 0.29) is 0 Å². The van der Waals surface area contributed by atoms with E-state index in [9.17, 15) is 0 Å². The summed E-state index contributed by atoms with van der Waals surface area (Å²) in [4.78, 5) is 8.33. The molecule has 0 aliphatic rings. The summed E-state index contributed by atoms with van der Waals surface area (Å²) in [5.41, 5.74) is 0. The maximum atomic E-state index is 5.37. The molecule has 7 heteroatoms. The molecule has 0 saturated heterocycles. The SMILES string of the molecule is COOP(=S)(Cl)OOC. The minimum Gasteiger partial charge on any atom is -0.232 e. The lowest BCUT2D eigenvalue weighted by Gasteiger charge is -2.07. The zero-order chi connectivity index (χ0) is 7.33. The van der Waals surface area contributed by atoms with Gasteiger partial charge in [-0.1, -0.05) is 0 Å². The summed E-state index contributed by atoms with van der Waals surface area (Å²) in [6.07, 6.45) is 0. The van der Waals surface area contributed by atoms with Gasteiger partial charge in [-0.15, -0.1) is 0 Å². The lowest BCUT2D eigenvalue weighted by atomic mass is 11.8. The first kappa shape index (κ1) is 9.78. The zero-order valence-electron chi connectivity index (χ0n) is 4.87. The van der Waals surface area contributed by atoms with Crippen molar-refractivity contribution in [2.75, 3.05) is 14.2 Å². The van der Waals surface area contributed by atoms with Gasteiger partial charge in [-0.3, -0.25) is 0 Å². The topological polar surface area (TPSA) is 36.9 Å². The normalized spacial score (nSPS) is 11.9. The largest absolute Gasteiger partial charge is 0.339 e. The Hall–Kier alpha value is 0.780. The van der Waals surface area contributed by atoms with Crippen LogP contribution in [0.15, 0.2) is 0 Å². The molecule has 0 aromatic carbocycles. The summed E-state index contributed by atoms with van der Waals surface area (Å²) >= 11 is 9.89. The second kappa shape index (κ2) is 4.57. The maximum Gasteiger partial charge on any atom is 0.339 e. The van der Waals surface area contributed by atoms with Crippen LogP contribution in [0.2, 0.25) is 0 Å². The molecule has 4 nitrogen and oxygen atoms in total. The van der Waals surface area contributed by atoms with Crippen molar-refractivity contribution in [3.8, 4) is 0 Å². The molecule has 0 aromatic heterocycles. The zero-order valence-corrected chi connectivity index (χ0v) is 7.33. The van der Waals surface area contributed by atoms with E-state index in [2.05, 4.69) is 30.9 Å². The van der Waals surface area contributed by atoms with E-state index < -0.39 is 5.84 Å². The molecule has 0 heterocycles. The van der Waals surface area contributed by atoms with Gasteiger partial charge in [0.2, 0.25) is 0 Å². The van der Waals surface area contributed by atoms with Crippen molar-refractivity contribution in [2.24, 2.45) is 0 Å². The van der Waals surface area contributed by atoms with Gasteiger partial charge in [0.25, 0.3) is 0 Å². The Morgan fingerprint density at radius 1 is 1.22 bits per heavy atom. The van der Waals surface area contributed by atoms with Crippen molar-refractivity contribution in [1.29, 1.82) is 0 Å². The van der Waals surface area contributed by atoms with Crippen molar-refractivity contribution >= 4 is 28.9 Å². The van der Waals surface area contributed by atoms with Gasteiger partial charge in [-0.25, -0.2) is 9.78 Å². The highest BCUT2D eigenvalue weighted by atomic mass is 35.7. The van der Waals surface area contributed by atoms with Crippen molar-refractivity contribution in [1.82, 2.24) is 0 Å². The third-order valence-electron chi connectivity index (χ3n) is 0.327. The van der Waals surface area contributed by atoms with Crippen molar-refractivity contribution < 1.29 is 19.1 Å². The number of rotatable bonds is 4. The first-order chi connectivity index (χ1) is 4.12. The molecular formula is C2H6ClO4PS. The lowest BCUT2D eigenvalue weighted by Crippen LogP contribution is -1.87. The monoisotopic (exact) mass is 192 g/mol. The van der Waals surface area contributed by atoms with E-state index in [1.807, 2.05) is 0 Å². The summed E-state index contributed by atoms with van der Waals surface area (Å²) in [5.74, 6) is -2.83. The molecule has 0 aliphatic carbocycles. The first-order valence-corrected chi connectivity index (χ1v) is 5.41. The second-order valence-electron chi connectivity index (χ2n) is 0.913.